The van der Waals surface area contributed by atoms with Gasteiger partial charge in [-0.1, -0.05) is 0 Å². The zero-order chi connectivity index (χ0) is 14.7. The van der Waals surface area contributed by atoms with E-state index in [2.05, 4.69) is 9.47 Å². The van der Waals surface area contributed by atoms with Crippen LogP contribution in [-0.4, -0.2) is 38.4 Å². The molecule has 0 radical (unpaired) electrons. The van der Waals surface area contributed by atoms with Crippen LogP contribution >= 0.6 is 0 Å². The van der Waals surface area contributed by atoms with Crippen molar-refractivity contribution < 1.29 is 28.9 Å². The Labute approximate surface area is 110 Å². The van der Waals surface area contributed by atoms with Crippen molar-refractivity contribution in [1.82, 2.24) is 0 Å². The van der Waals surface area contributed by atoms with Gasteiger partial charge >= 0.3 is 11.9 Å². The predicted octanol–water partition coefficient (Wildman–Crippen LogP) is 1.59. The Morgan fingerprint density at radius 1 is 0.895 bits per heavy atom. The molecule has 1 aromatic rings. The highest BCUT2D eigenvalue weighted by Crippen LogP contribution is 2.38. The van der Waals surface area contributed by atoms with Crippen LogP contribution in [0, 0.1) is 13.8 Å². The Balaban J connectivity index is 3.81. The van der Waals surface area contributed by atoms with Gasteiger partial charge in [0.05, 0.1) is 26.9 Å². The van der Waals surface area contributed by atoms with Crippen molar-refractivity contribution in [3.05, 3.63) is 22.3 Å². The maximum absolute atomic E-state index is 11.9. The second-order valence-corrected chi connectivity index (χ2v) is 3.87. The topological polar surface area (TPSA) is 82.1 Å². The van der Waals surface area contributed by atoms with E-state index in [0.29, 0.717) is 5.56 Å². The van der Waals surface area contributed by atoms with Gasteiger partial charge in [-0.2, -0.15) is 0 Å². The van der Waals surface area contributed by atoms with Crippen molar-refractivity contribution in [3.63, 3.8) is 0 Å². The summed E-state index contributed by atoms with van der Waals surface area (Å²) in [4.78, 5) is 23.7. The molecule has 0 saturated carbocycles. The maximum atomic E-state index is 11.9. The van der Waals surface area contributed by atoms with Crippen LogP contribution in [0.5, 0.6) is 11.5 Å². The van der Waals surface area contributed by atoms with Crippen LogP contribution in [0.25, 0.3) is 0 Å². The molecule has 0 atom stereocenters. The van der Waals surface area contributed by atoms with Crippen molar-refractivity contribution in [3.8, 4) is 11.5 Å². The fraction of sp³-hybridized carbons (Fsp3) is 0.385. The molecule has 0 heterocycles. The molecular weight excluding hydrogens is 252 g/mol. The molecule has 0 aliphatic heterocycles. The summed E-state index contributed by atoms with van der Waals surface area (Å²) in [6, 6.07) is 0. The SMILES string of the molecule is COC(=O)c1c(C)c(O)c(C)c(OC)c1C(=O)OC. The Bertz CT molecular complexity index is 533. The lowest BCUT2D eigenvalue weighted by molar-refractivity contribution is 0.0550. The summed E-state index contributed by atoms with van der Waals surface area (Å²) in [5.74, 6) is -1.50. The van der Waals surface area contributed by atoms with E-state index < -0.39 is 11.9 Å². The second-order valence-electron chi connectivity index (χ2n) is 3.87. The largest absolute Gasteiger partial charge is 0.507 e. The average molecular weight is 268 g/mol. The van der Waals surface area contributed by atoms with Crippen molar-refractivity contribution in [2.24, 2.45) is 0 Å². The number of benzene rings is 1. The van der Waals surface area contributed by atoms with Crippen molar-refractivity contribution >= 4 is 11.9 Å². The third kappa shape index (κ3) is 2.33. The van der Waals surface area contributed by atoms with E-state index in [9.17, 15) is 14.7 Å². The molecule has 6 heteroatoms. The van der Waals surface area contributed by atoms with E-state index in [-0.39, 0.29) is 28.2 Å². The second kappa shape index (κ2) is 5.60. The highest BCUT2D eigenvalue weighted by atomic mass is 16.5. The fourth-order valence-electron chi connectivity index (χ4n) is 1.90. The number of hydrogen-bond donors (Lipinski definition) is 1. The number of ether oxygens (including phenoxy) is 3. The quantitative estimate of drug-likeness (QED) is 0.838. The van der Waals surface area contributed by atoms with Gasteiger partial charge in [-0.15, -0.1) is 0 Å². The number of methoxy groups -OCH3 is 3. The number of phenols is 1. The van der Waals surface area contributed by atoms with Gasteiger partial charge in [-0.3, -0.25) is 0 Å². The monoisotopic (exact) mass is 268 g/mol. The van der Waals surface area contributed by atoms with Crippen LogP contribution in [0.2, 0.25) is 0 Å². The average Bonchev–Trinajstić information content (AvgIpc) is 2.42. The van der Waals surface area contributed by atoms with Crippen molar-refractivity contribution in [1.29, 1.82) is 0 Å². The van der Waals surface area contributed by atoms with Gasteiger partial charge in [0.15, 0.2) is 0 Å². The molecule has 0 aliphatic carbocycles. The van der Waals surface area contributed by atoms with E-state index in [1.54, 1.807) is 6.92 Å². The first-order valence-corrected chi connectivity index (χ1v) is 5.47. The maximum Gasteiger partial charge on any atom is 0.342 e. The van der Waals surface area contributed by atoms with Gasteiger partial charge in [0.25, 0.3) is 0 Å². The first-order valence-electron chi connectivity index (χ1n) is 5.47. The molecule has 0 aliphatic rings. The smallest absolute Gasteiger partial charge is 0.342 e. The number of carbonyl (C=O) groups is 2. The predicted molar refractivity (Wildman–Crippen MR) is 66.8 cm³/mol. The molecule has 0 spiro atoms. The van der Waals surface area contributed by atoms with Crippen LogP contribution in [0.15, 0.2) is 0 Å². The van der Waals surface area contributed by atoms with E-state index in [0.717, 1.165) is 0 Å². The standard InChI is InChI=1S/C13H16O6/c1-6-8(12(15)18-4)9(13(16)19-5)11(17-3)7(2)10(6)14/h14H,1-5H3. The lowest BCUT2D eigenvalue weighted by atomic mass is 9.96. The lowest BCUT2D eigenvalue weighted by Gasteiger charge is -2.17. The Morgan fingerprint density at radius 3 is 1.79 bits per heavy atom. The van der Waals surface area contributed by atoms with Gasteiger partial charge in [0.2, 0.25) is 0 Å². The highest BCUT2D eigenvalue weighted by Gasteiger charge is 2.29. The number of rotatable bonds is 3. The van der Waals surface area contributed by atoms with Crippen molar-refractivity contribution in [2.45, 2.75) is 13.8 Å². The molecule has 0 fully saturated rings. The fourth-order valence-corrected chi connectivity index (χ4v) is 1.90. The number of carbonyl (C=O) groups excluding carboxylic acids is 2. The van der Waals surface area contributed by atoms with Crippen LogP contribution in [0.3, 0.4) is 0 Å². The number of esters is 2. The van der Waals surface area contributed by atoms with Crippen LogP contribution < -0.4 is 4.74 Å². The summed E-state index contributed by atoms with van der Waals surface area (Å²) in [5.41, 5.74) is 0.484. The number of phenolic OH excluding ortho intramolecular Hbond substituents is 1. The Morgan fingerprint density at radius 2 is 1.37 bits per heavy atom. The molecule has 104 valence electrons. The number of aromatic hydroxyl groups is 1. The minimum Gasteiger partial charge on any atom is -0.507 e. The lowest BCUT2D eigenvalue weighted by Crippen LogP contribution is -2.16. The van der Waals surface area contributed by atoms with Gasteiger partial charge in [-0.05, 0) is 13.8 Å². The molecule has 0 unspecified atom stereocenters. The van der Waals surface area contributed by atoms with Gasteiger partial charge in [-0.25, -0.2) is 9.59 Å². The highest BCUT2D eigenvalue weighted by molar-refractivity contribution is 6.07. The third-order valence-electron chi connectivity index (χ3n) is 2.89. The summed E-state index contributed by atoms with van der Waals surface area (Å²) < 4.78 is 14.4. The van der Waals surface area contributed by atoms with Gasteiger partial charge in [0.1, 0.15) is 17.1 Å². The molecule has 0 amide bonds. The molecule has 0 bridgehead atoms. The van der Waals surface area contributed by atoms with E-state index >= 15 is 0 Å². The Hall–Kier alpha value is -2.24. The summed E-state index contributed by atoms with van der Waals surface area (Å²) in [6.07, 6.45) is 0. The van der Waals surface area contributed by atoms with Crippen LogP contribution in [-0.2, 0) is 9.47 Å². The summed E-state index contributed by atoms with van der Waals surface area (Å²) in [6.45, 7) is 3.09. The molecule has 1 N–H and O–H groups in total. The Kier molecular flexibility index (Phi) is 4.37. The number of hydrogen-bond acceptors (Lipinski definition) is 6. The van der Waals surface area contributed by atoms with Crippen LogP contribution in [0.4, 0.5) is 0 Å². The molecular formula is C13H16O6. The molecule has 0 aromatic heterocycles. The minimum absolute atomic E-state index is 0.0512. The molecule has 19 heavy (non-hydrogen) atoms. The van der Waals surface area contributed by atoms with E-state index in [4.69, 9.17) is 4.74 Å². The molecule has 1 rings (SSSR count). The van der Waals surface area contributed by atoms with E-state index in [1.807, 2.05) is 0 Å². The minimum atomic E-state index is -0.744. The summed E-state index contributed by atoms with van der Waals surface area (Å²) in [7, 11) is 3.72. The summed E-state index contributed by atoms with van der Waals surface area (Å²) in [5, 5.41) is 9.98. The van der Waals surface area contributed by atoms with Gasteiger partial charge < -0.3 is 19.3 Å². The molecule has 0 saturated heterocycles. The van der Waals surface area contributed by atoms with Crippen molar-refractivity contribution in [2.75, 3.05) is 21.3 Å². The first kappa shape index (κ1) is 14.8. The normalized spacial score (nSPS) is 9.95. The molecule has 6 nitrogen and oxygen atoms in total. The van der Waals surface area contributed by atoms with Crippen LogP contribution in [0.1, 0.15) is 31.8 Å². The van der Waals surface area contributed by atoms with E-state index in [1.165, 1.54) is 28.3 Å². The summed E-state index contributed by atoms with van der Waals surface area (Å²) >= 11 is 0. The third-order valence-corrected chi connectivity index (χ3v) is 2.89. The first-order chi connectivity index (χ1) is 8.90. The van der Waals surface area contributed by atoms with Gasteiger partial charge in [0, 0.05) is 11.1 Å². The zero-order valence-corrected chi connectivity index (χ0v) is 11.5. The zero-order valence-electron chi connectivity index (χ0n) is 11.5. The molecule has 1 aromatic carbocycles.